The van der Waals surface area contributed by atoms with Gasteiger partial charge in [-0.25, -0.2) is 0 Å². The normalized spacial score (nSPS) is 9.62. The number of hydrogen-bond donors (Lipinski definition) is 2. The van der Waals surface area contributed by atoms with Crippen molar-refractivity contribution in [3.63, 3.8) is 0 Å². The van der Waals surface area contributed by atoms with E-state index < -0.39 is 0 Å². The highest BCUT2D eigenvalue weighted by Gasteiger charge is 1.72. The van der Waals surface area contributed by atoms with E-state index in [9.17, 15) is 0 Å². The van der Waals surface area contributed by atoms with Gasteiger partial charge in [0.05, 0.1) is 0 Å². The van der Waals surface area contributed by atoms with Crippen molar-refractivity contribution in [2.24, 2.45) is 0 Å². The van der Waals surface area contributed by atoms with Crippen LogP contribution in [0.5, 0.6) is 0 Å². The Balaban J connectivity index is 3.34. The first-order valence-corrected chi connectivity index (χ1v) is 2.48. The Labute approximate surface area is 49.2 Å². The van der Waals surface area contributed by atoms with Gasteiger partial charge in [0, 0.05) is 12.1 Å². The third kappa shape index (κ3) is 5.08. The molecule has 0 spiro atoms. The SMILES string of the molecule is CC(=N)/C=C\CC=N. The summed E-state index contributed by atoms with van der Waals surface area (Å²) in [5, 5.41) is 13.5. The molecule has 0 unspecified atom stereocenters. The Morgan fingerprint density at radius 2 is 2.25 bits per heavy atom. The van der Waals surface area contributed by atoms with Gasteiger partial charge >= 0.3 is 0 Å². The monoisotopic (exact) mass is 110 g/mol. The molecule has 2 nitrogen and oxygen atoms in total. The molecule has 0 aliphatic carbocycles. The first-order chi connectivity index (χ1) is 3.77. The summed E-state index contributed by atoms with van der Waals surface area (Å²) in [6.45, 7) is 1.71. The highest BCUT2D eigenvalue weighted by molar-refractivity contribution is 5.90. The zero-order valence-electron chi connectivity index (χ0n) is 4.94. The van der Waals surface area contributed by atoms with Crippen LogP contribution < -0.4 is 0 Å². The molecular formula is C6H10N2. The maximum atomic E-state index is 6.91. The third-order valence-corrected chi connectivity index (χ3v) is 0.622. The van der Waals surface area contributed by atoms with Crippen LogP contribution in [-0.2, 0) is 0 Å². The van der Waals surface area contributed by atoms with Crippen molar-refractivity contribution in [1.82, 2.24) is 0 Å². The smallest absolute Gasteiger partial charge is 0.0279 e. The maximum absolute atomic E-state index is 6.91. The second kappa shape index (κ2) is 4.24. The summed E-state index contributed by atoms with van der Waals surface area (Å²) >= 11 is 0. The van der Waals surface area contributed by atoms with E-state index in [1.54, 1.807) is 19.1 Å². The molecule has 0 rings (SSSR count). The van der Waals surface area contributed by atoms with E-state index in [4.69, 9.17) is 10.8 Å². The molecule has 0 radical (unpaired) electrons. The molecule has 0 aromatic carbocycles. The van der Waals surface area contributed by atoms with E-state index in [0.717, 1.165) is 0 Å². The standard InChI is InChI=1S/C6H10N2/c1-6(8)4-2-3-5-7/h2,4-5,7-8H,3H2,1H3/b4-2-,7-5?,8-6?. The van der Waals surface area contributed by atoms with Crippen LogP contribution in [0.1, 0.15) is 13.3 Å². The van der Waals surface area contributed by atoms with E-state index in [1.807, 2.05) is 0 Å². The minimum atomic E-state index is 0.534. The van der Waals surface area contributed by atoms with Crippen molar-refractivity contribution in [3.05, 3.63) is 12.2 Å². The van der Waals surface area contributed by atoms with Crippen molar-refractivity contribution < 1.29 is 0 Å². The summed E-state index contributed by atoms with van der Waals surface area (Å²) in [5.74, 6) is 0. The summed E-state index contributed by atoms with van der Waals surface area (Å²) < 4.78 is 0. The molecular weight excluding hydrogens is 100 g/mol. The Morgan fingerprint density at radius 1 is 1.62 bits per heavy atom. The van der Waals surface area contributed by atoms with Crippen molar-refractivity contribution in [1.29, 1.82) is 10.8 Å². The second-order valence-electron chi connectivity index (χ2n) is 1.53. The molecule has 0 aromatic rings. The van der Waals surface area contributed by atoms with Gasteiger partial charge in [0.15, 0.2) is 0 Å². The van der Waals surface area contributed by atoms with E-state index in [0.29, 0.717) is 12.1 Å². The Kier molecular flexibility index (Phi) is 3.76. The summed E-state index contributed by atoms with van der Waals surface area (Å²) in [4.78, 5) is 0. The summed E-state index contributed by atoms with van der Waals surface area (Å²) in [7, 11) is 0. The molecule has 0 heterocycles. The zero-order chi connectivity index (χ0) is 6.41. The molecule has 0 amide bonds. The van der Waals surface area contributed by atoms with Gasteiger partial charge in [0.1, 0.15) is 0 Å². The van der Waals surface area contributed by atoms with Gasteiger partial charge in [-0.05, 0) is 19.2 Å². The van der Waals surface area contributed by atoms with Crippen molar-refractivity contribution in [2.75, 3.05) is 0 Å². The quantitative estimate of drug-likeness (QED) is 0.519. The first-order valence-electron chi connectivity index (χ1n) is 2.48. The molecule has 0 aliphatic heterocycles. The number of allylic oxidation sites excluding steroid dienone is 2. The fourth-order valence-electron chi connectivity index (χ4n) is 0.313. The maximum Gasteiger partial charge on any atom is 0.0279 e. The molecule has 2 N–H and O–H groups in total. The zero-order valence-corrected chi connectivity index (χ0v) is 4.94. The van der Waals surface area contributed by atoms with E-state index in [2.05, 4.69) is 0 Å². The number of nitrogens with one attached hydrogen (secondary N) is 2. The lowest BCUT2D eigenvalue weighted by molar-refractivity contribution is 1.43. The number of rotatable bonds is 3. The highest BCUT2D eigenvalue weighted by atomic mass is 14.4. The van der Waals surface area contributed by atoms with Gasteiger partial charge in [0.25, 0.3) is 0 Å². The highest BCUT2D eigenvalue weighted by Crippen LogP contribution is 1.78. The first kappa shape index (κ1) is 7.08. The van der Waals surface area contributed by atoms with Crippen molar-refractivity contribution >= 4 is 11.9 Å². The van der Waals surface area contributed by atoms with Crippen molar-refractivity contribution in [2.45, 2.75) is 13.3 Å². The summed E-state index contributed by atoms with van der Waals surface area (Å²) in [6.07, 6.45) is 5.41. The van der Waals surface area contributed by atoms with Crippen LogP contribution >= 0.6 is 0 Å². The van der Waals surface area contributed by atoms with Crippen LogP contribution in [-0.4, -0.2) is 11.9 Å². The van der Waals surface area contributed by atoms with Gasteiger partial charge in [-0.3, -0.25) is 0 Å². The predicted molar refractivity (Wildman–Crippen MR) is 35.9 cm³/mol. The van der Waals surface area contributed by atoms with Crippen LogP contribution in [0.2, 0.25) is 0 Å². The molecule has 2 heteroatoms. The average Bonchev–Trinajstić information content (AvgIpc) is 1.66. The van der Waals surface area contributed by atoms with Crippen LogP contribution in [0.15, 0.2) is 12.2 Å². The van der Waals surface area contributed by atoms with Crippen LogP contribution in [0, 0.1) is 10.8 Å². The fraction of sp³-hybridized carbons (Fsp3) is 0.333. The summed E-state index contributed by atoms with van der Waals surface area (Å²) in [6, 6.07) is 0. The van der Waals surface area contributed by atoms with Crippen LogP contribution in [0.25, 0.3) is 0 Å². The van der Waals surface area contributed by atoms with E-state index >= 15 is 0 Å². The Bertz CT molecular complexity index is 114. The third-order valence-electron chi connectivity index (χ3n) is 0.622. The van der Waals surface area contributed by atoms with Gasteiger partial charge < -0.3 is 10.8 Å². The minimum Gasteiger partial charge on any atom is -0.313 e. The molecule has 0 saturated heterocycles. The van der Waals surface area contributed by atoms with E-state index in [-0.39, 0.29) is 0 Å². The molecule has 0 atom stereocenters. The molecule has 8 heavy (non-hydrogen) atoms. The van der Waals surface area contributed by atoms with Crippen LogP contribution in [0.3, 0.4) is 0 Å². The lowest BCUT2D eigenvalue weighted by Crippen LogP contribution is -1.77. The van der Waals surface area contributed by atoms with Crippen molar-refractivity contribution in [3.8, 4) is 0 Å². The van der Waals surface area contributed by atoms with E-state index in [1.165, 1.54) is 6.21 Å². The van der Waals surface area contributed by atoms with Gasteiger partial charge in [-0.1, -0.05) is 6.08 Å². The molecule has 0 aromatic heterocycles. The topological polar surface area (TPSA) is 47.7 Å². The Hall–Kier alpha value is -0.920. The second-order valence-corrected chi connectivity index (χ2v) is 1.53. The molecule has 0 aliphatic rings. The Morgan fingerprint density at radius 3 is 2.62 bits per heavy atom. The lowest BCUT2D eigenvalue weighted by Gasteiger charge is -1.78. The average molecular weight is 110 g/mol. The lowest BCUT2D eigenvalue weighted by atomic mass is 10.3. The molecule has 0 bridgehead atoms. The largest absolute Gasteiger partial charge is 0.313 e. The predicted octanol–water partition coefficient (Wildman–Crippen LogP) is 1.62. The van der Waals surface area contributed by atoms with Gasteiger partial charge in [-0.15, -0.1) is 0 Å². The summed E-state index contributed by atoms with van der Waals surface area (Å²) in [5.41, 5.74) is 0.534. The van der Waals surface area contributed by atoms with Gasteiger partial charge in [0.2, 0.25) is 0 Å². The number of hydrogen-bond acceptors (Lipinski definition) is 2. The molecule has 44 valence electrons. The van der Waals surface area contributed by atoms with Crippen LogP contribution in [0.4, 0.5) is 0 Å². The van der Waals surface area contributed by atoms with Gasteiger partial charge in [-0.2, -0.15) is 0 Å². The fourth-order valence-corrected chi connectivity index (χ4v) is 0.313. The minimum absolute atomic E-state index is 0.534. The molecule has 0 saturated carbocycles. The molecule has 0 fully saturated rings.